The van der Waals surface area contributed by atoms with Crippen molar-refractivity contribution < 1.29 is 14.8 Å². The number of rotatable bonds is 4. The minimum atomic E-state index is -1.33. The summed E-state index contributed by atoms with van der Waals surface area (Å²) in [5.74, 6) is -1.33. The van der Waals surface area contributed by atoms with Crippen molar-refractivity contribution in [2.24, 2.45) is 0 Å². The van der Waals surface area contributed by atoms with Crippen LogP contribution in [0.2, 0.25) is 0 Å². The number of nitro groups is 1. The van der Waals surface area contributed by atoms with Gasteiger partial charge in [-0.25, -0.2) is 0 Å². The van der Waals surface area contributed by atoms with E-state index >= 15 is 0 Å². The number of carbonyl (C=O) groups excluding carboxylic acids is 1. The van der Waals surface area contributed by atoms with Gasteiger partial charge >= 0.3 is 0 Å². The van der Waals surface area contributed by atoms with E-state index in [4.69, 9.17) is 0 Å². The molecule has 5 heteroatoms. The van der Waals surface area contributed by atoms with Crippen molar-refractivity contribution in [3.05, 3.63) is 75.8 Å². The summed E-state index contributed by atoms with van der Waals surface area (Å²) in [5.41, 5.74) is 0.803. The third-order valence-electron chi connectivity index (χ3n) is 2.70. The molecule has 0 saturated heterocycles. The molecule has 5 nitrogen and oxygen atoms in total. The molecule has 0 spiro atoms. The lowest BCUT2D eigenvalue weighted by Gasteiger charge is -2.09. The van der Waals surface area contributed by atoms with Crippen LogP contribution in [0.4, 0.5) is 5.69 Å². The van der Waals surface area contributed by atoms with Gasteiger partial charge < -0.3 is 9.90 Å². The number of benzene rings is 2. The standard InChI is InChI=1S/C15H11NO4/c17-15(18)14(12-6-2-1-3-7-12)10-11-5-4-8-13(9-11)16(19)20/h1-10H,(H,17,18)/p-1. The Kier molecular flexibility index (Phi) is 3.91. The number of non-ortho nitro benzene ring substituents is 1. The van der Waals surface area contributed by atoms with E-state index in [1.54, 1.807) is 36.4 Å². The molecule has 2 aromatic rings. The molecule has 0 atom stereocenters. The minimum Gasteiger partial charge on any atom is -0.545 e. The highest BCUT2D eigenvalue weighted by atomic mass is 16.6. The molecule has 0 heterocycles. The molecule has 0 fully saturated rings. The smallest absolute Gasteiger partial charge is 0.270 e. The highest BCUT2D eigenvalue weighted by Gasteiger charge is 2.07. The fourth-order valence-electron chi connectivity index (χ4n) is 1.77. The maximum atomic E-state index is 11.2. The van der Waals surface area contributed by atoms with E-state index < -0.39 is 10.9 Å². The van der Waals surface area contributed by atoms with Crippen molar-refractivity contribution in [1.29, 1.82) is 0 Å². The number of hydrogen-bond acceptors (Lipinski definition) is 4. The van der Waals surface area contributed by atoms with Crippen LogP contribution in [0.3, 0.4) is 0 Å². The molecule has 2 rings (SSSR count). The van der Waals surface area contributed by atoms with E-state index in [0.717, 1.165) is 0 Å². The summed E-state index contributed by atoms with van der Waals surface area (Å²) in [5, 5.41) is 21.9. The summed E-state index contributed by atoms with van der Waals surface area (Å²) in [6, 6.07) is 14.2. The molecule has 0 saturated carbocycles. The number of aliphatic carboxylic acids is 1. The topological polar surface area (TPSA) is 83.3 Å². The second kappa shape index (κ2) is 5.79. The third-order valence-corrected chi connectivity index (χ3v) is 2.70. The van der Waals surface area contributed by atoms with E-state index in [1.165, 1.54) is 24.3 Å². The average molecular weight is 268 g/mol. The van der Waals surface area contributed by atoms with E-state index in [9.17, 15) is 20.0 Å². The summed E-state index contributed by atoms with van der Waals surface area (Å²) < 4.78 is 0. The van der Waals surface area contributed by atoms with E-state index in [-0.39, 0.29) is 11.3 Å². The lowest BCUT2D eigenvalue weighted by molar-refractivity contribution is -0.384. The Morgan fingerprint density at radius 1 is 1.05 bits per heavy atom. The van der Waals surface area contributed by atoms with E-state index in [2.05, 4.69) is 0 Å². The van der Waals surface area contributed by atoms with Crippen molar-refractivity contribution in [2.45, 2.75) is 0 Å². The van der Waals surface area contributed by atoms with Gasteiger partial charge in [-0.15, -0.1) is 0 Å². The molecule has 0 unspecified atom stereocenters. The van der Waals surface area contributed by atoms with Crippen molar-refractivity contribution in [2.75, 3.05) is 0 Å². The maximum Gasteiger partial charge on any atom is 0.270 e. The highest BCUT2D eigenvalue weighted by Crippen LogP contribution is 2.20. The summed E-state index contributed by atoms with van der Waals surface area (Å²) in [7, 11) is 0. The molecule has 20 heavy (non-hydrogen) atoms. The van der Waals surface area contributed by atoms with Gasteiger partial charge in [0.2, 0.25) is 0 Å². The third kappa shape index (κ3) is 3.08. The quantitative estimate of drug-likeness (QED) is 0.367. The summed E-state index contributed by atoms with van der Waals surface area (Å²) in [4.78, 5) is 21.4. The van der Waals surface area contributed by atoms with E-state index in [0.29, 0.717) is 11.1 Å². The van der Waals surface area contributed by atoms with Crippen molar-refractivity contribution in [3.8, 4) is 0 Å². The first-order valence-electron chi connectivity index (χ1n) is 5.81. The van der Waals surface area contributed by atoms with Gasteiger partial charge in [0, 0.05) is 17.7 Å². The molecular formula is C15H10NO4-. The molecule has 0 bridgehead atoms. The number of hydrogen-bond donors (Lipinski definition) is 0. The lowest BCUT2D eigenvalue weighted by Crippen LogP contribution is -2.23. The van der Waals surface area contributed by atoms with Gasteiger partial charge in [-0.05, 0) is 17.2 Å². The first kappa shape index (κ1) is 13.5. The zero-order valence-electron chi connectivity index (χ0n) is 10.4. The van der Waals surface area contributed by atoms with Crippen molar-refractivity contribution in [1.82, 2.24) is 0 Å². The minimum absolute atomic E-state index is 0.0221. The zero-order valence-corrected chi connectivity index (χ0v) is 10.4. The number of carboxylic acid groups (broad SMARTS) is 1. The molecule has 100 valence electrons. The number of carboxylic acids is 1. The van der Waals surface area contributed by atoms with Gasteiger partial charge in [-0.1, -0.05) is 42.5 Å². The highest BCUT2D eigenvalue weighted by molar-refractivity contribution is 6.19. The van der Waals surface area contributed by atoms with Gasteiger partial charge in [-0.2, -0.15) is 0 Å². The van der Waals surface area contributed by atoms with Crippen LogP contribution in [0.25, 0.3) is 11.6 Å². The Labute approximate surface area is 115 Å². The van der Waals surface area contributed by atoms with Gasteiger partial charge in [-0.3, -0.25) is 10.1 Å². The Balaban J connectivity index is 2.47. The van der Waals surface area contributed by atoms with Gasteiger partial charge in [0.1, 0.15) is 0 Å². The van der Waals surface area contributed by atoms with Crippen LogP contribution in [0.1, 0.15) is 11.1 Å². The number of carbonyl (C=O) groups is 1. The largest absolute Gasteiger partial charge is 0.545 e. The Bertz CT molecular complexity index is 677. The summed E-state index contributed by atoms with van der Waals surface area (Å²) in [6.45, 7) is 0. The second-order valence-electron chi connectivity index (χ2n) is 4.06. The molecular weight excluding hydrogens is 258 g/mol. The predicted molar refractivity (Wildman–Crippen MR) is 72.4 cm³/mol. The lowest BCUT2D eigenvalue weighted by atomic mass is 10.0. The molecule has 0 amide bonds. The van der Waals surface area contributed by atoms with Gasteiger partial charge in [0.25, 0.3) is 5.69 Å². The SMILES string of the molecule is O=C([O-])C(=Cc1cccc([N+](=O)[O-])c1)c1ccccc1. The second-order valence-corrected chi connectivity index (χ2v) is 4.06. The number of nitrogens with zero attached hydrogens (tertiary/aromatic N) is 1. The fourth-order valence-corrected chi connectivity index (χ4v) is 1.77. The van der Waals surface area contributed by atoms with Crippen LogP contribution in [0.5, 0.6) is 0 Å². The van der Waals surface area contributed by atoms with Crippen LogP contribution in [0, 0.1) is 10.1 Å². The molecule has 0 aliphatic heterocycles. The number of nitro benzene ring substituents is 1. The van der Waals surface area contributed by atoms with Gasteiger partial charge in [0.05, 0.1) is 10.9 Å². The summed E-state index contributed by atoms with van der Waals surface area (Å²) >= 11 is 0. The monoisotopic (exact) mass is 268 g/mol. The molecule has 0 N–H and O–H groups in total. The van der Waals surface area contributed by atoms with Crippen LogP contribution < -0.4 is 5.11 Å². The molecule has 0 aliphatic rings. The molecule has 2 aromatic carbocycles. The summed E-state index contributed by atoms with van der Waals surface area (Å²) in [6.07, 6.45) is 1.36. The zero-order chi connectivity index (χ0) is 14.5. The Morgan fingerprint density at radius 2 is 1.75 bits per heavy atom. The fraction of sp³-hybridized carbons (Fsp3) is 0. The predicted octanol–water partition coefficient (Wildman–Crippen LogP) is 1.89. The average Bonchev–Trinajstić information content (AvgIpc) is 2.45. The normalized spacial score (nSPS) is 11.1. The Morgan fingerprint density at radius 3 is 2.35 bits per heavy atom. The van der Waals surface area contributed by atoms with E-state index in [1.807, 2.05) is 0 Å². The molecule has 0 aliphatic carbocycles. The van der Waals surface area contributed by atoms with Crippen LogP contribution in [-0.4, -0.2) is 10.9 Å². The molecule has 0 radical (unpaired) electrons. The van der Waals surface area contributed by atoms with Crippen molar-refractivity contribution in [3.63, 3.8) is 0 Å². The first-order chi connectivity index (χ1) is 9.58. The van der Waals surface area contributed by atoms with Gasteiger partial charge in [0.15, 0.2) is 0 Å². The van der Waals surface area contributed by atoms with Crippen molar-refractivity contribution >= 4 is 23.3 Å². The van der Waals surface area contributed by atoms with Crippen LogP contribution in [0.15, 0.2) is 54.6 Å². The van der Waals surface area contributed by atoms with Crippen LogP contribution >= 0.6 is 0 Å². The van der Waals surface area contributed by atoms with Crippen LogP contribution in [-0.2, 0) is 4.79 Å². The maximum absolute atomic E-state index is 11.2. The first-order valence-corrected chi connectivity index (χ1v) is 5.81. The Hall–Kier alpha value is -2.95. The molecule has 0 aromatic heterocycles.